The molecule has 0 fully saturated rings. The van der Waals surface area contributed by atoms with E-state index in [4.69, 9.17) is 4.42 Å². The number of halogens is 1. The van der Waals surface area contributed by atoms with Crippen molar-refractivity contribution in [1.82, 2.24) is 4.90 Å². The number of nitrogens with one attached hydrogen (secondary N) is 1. The van der Waals surface area contributed by atoms with Crippen LogP contribution in [0.3, 0.4) is 0 Å². The van der Waals surface area contributed by atoms with E-state index in [-0.39, 0.29) is 23.5 Å². The molecule has 2 aromatic carbocycles. The van der Waals surface area contributed by atoms with Crippen LogP contribution in [0.2, 0.25) is 0 Å². The molecule has 0 atom stereocenters. The summed E-state index contributed by atoms with van der Waals surface area (Å²) >= 11 is 0. The highest BCUT2D eigenvalue weighted by molar-refractivity contribution is 6.02. The number of amides is 1. The predicted octanol–water partition coefficient (Wildman–Crippen LogP) is 5.70. The summed E-state index contributed by atoms with van der Waals surface area (Å²) in [6.45, 7) is 9.47. The van der Waals surface area contributed by atoms with Gasteiger partial charge in [-0.05, 0) is 80.8 Å². The van der Waals surface area contributed by atoms with Crippen molar-refractivity contribution in [1.29, 1.82) is 0 Å². The number of nitrogens with zero attached hydrogens (tertiary/aromatic N) is 1. The summed E-state index contributed by atoms with van der Waals surface area (Å²) in [5.41, 5.74) is 4.07. The number of furan rings is 1. The summed E-state index contributed by atoms with van der Waals surface area (Å²) in [5.74, 6) is 0.485. The Kier molecular flexibility index (Phi) is 6.49. The first-order valence-electron chi connectivity index (χ1n) is 9.77. The topological polar surface area (TPSA) is 45.5 Å². The van der Waals surface area contributed by atoms with Gasteiger partial charge in [0.1, 0.15) is 11.6 Å². The van der Waals surface area contributed by atoms with Gasteiger partial charge < -0.3 is 9.73 Å². The number of hydrogen-bond donors (Lipinski definition) is 1. The number of carbonyl (C=O) groups is 1. The molecule has 1 aromatic heterocycles. The first-order valence-corrected chi connectivity index (χ1v) is 9.77. The van der Waals surface area contributed by atoms with Crippen molar-refractivity contribution in [3.8, 4) is 0 Å². The zero-order chi connectivity index (χ0) is 21.0. The maximum atomic E-state index is 13.1. The second kappa shape index (κ2) is 9.05. The molecule has 0 radical (unpaired) electrons. The van der Waals surface area contributed by atoms with E-state index in [2.05, 4.69) is 24.1 Å². The third-order valence-electron chi connectivity index (χ3n) is 5.04. The molecule has 1 N–H and O–H groups in total. The van der Waals surface area contributed by atoms with E-state index < -0.39 is 0 Å². The number of aryl methyl sites for hydroxylation is 2. The quantitative estimate of drug-likeness (QED) is 0.559. The van der Waals surface area contributed by atoms with Crippen LogP contribution in [0.4, 0.5) is 10.1 Å². The summed E-state index contributed by atoms with van der Waals surface area (Å²) in [5, 5.41) is 2.88. The van der Waals surface area contributed by atoms with Crippen molar-refractivity contribution in [2.75, 3.05) is 5.32 Å². The third-order valence-corrected chi connectivity index (χ3v) is 5.04. The van der Waals surface area contributed by atoms with E-state index >= 15 is 0 Å². The van der Waals surface area contributed by atoms with E-state index in [9.17, 15) is 9.18 Å². The summed E-state index contributed by atoms with van der Waals surface area (Å²) in [7, 11) is 0. The molecular weight excluding hydrogens is 367 g/mol. The molecule has 1 heterocycles. The van der Waals surface area contributed by atoms with Crippen LogP contribution >= 0.6 is 0 Å². The van der Waals surface area contributed by atoms with Crippen LogP contribution in [-0.4, -0.2) is 16.8 Å². The molecule has 0 unspecified atom stereocenters. The lowest BCUT2D eigenvalue weighted by atomic mass is 10.1. The molecule has 0 aliphatic rings. The highest BCUT2D eigenvalue weighted by Gasteiger charge is 2.16. The molecule has 0 aliphatic carbocycles. The zero-order valence-electron chi connectivity index (χ0n) is 17.3. The Morgan fingerprint density at radius 2 is 1.72 bits per heavy atom. The molecule has 3 rings (SSSR count). The molecular formula is C24H27FN2O2. The van der Waals surface area contributed by atoms with Crippen molar-refractivity contribution in [3.05, 3.63) is 88.6 Å². The van der Waals surface area contributed by atoms with Gasteiger partial charge in [-0.1, -0.05) is 18.2 Å². The van der Waals surface area contributed by atoms with Crippen LogP contribution in [0.5, 0.6) is 0 Å². The molecule has 0 saturated heterocycles. The lowest BCUT2D eigenvalue weighted by Gasteiger charge is -2.25. The van der Waals surface area contributed by atoms with Gasteiger partial charge in [-0.2, -0.15) is 0 Å². The molecule has 0 aliphatic heterocycles. The van der Waals surface area contributed by atoms with Crippen molar-refractivity contribution >= 4 is 11.6 Å². The standard InChI is InChI=1S/C24H27FN2O2/c1-16(2)27(14-19-6-8-20(25)9-7-19)15-22-11-12-23(29-22)24(28)26-21-10-5-17(3)18(4)13-21/h5-13,16H,14-15H2,1-4H3,(H,26,28). The van der Waals surface area contributed by atoms with Gasteiger partial charge >= 0.3 is 0 Å². The van der Waals surface area contributed by atoms with Crippen LogP contribution < -0.4 is 5.32 Å². The summed E-state index contributed by atoms with van der Waals surface area (Å²) in [6.07, 6.45) is 0. The van der Waals surface area contributed by atoms with Crippen molar-refractivity contribution in [2.24, 2.45) is 0 Å². The third kappa shape index (κ3) is 5.55. The Labute approximate surface area is 171 Å². The molecule has 0 saturated carbocycles. The van der Waals surface area contributed by atoms with E-state index in [0.717, 1.165) is 16.8 Å². The minimum Gasteiger partial charge on any atom is -0.455 e. The summed E-state index contributed by atoms with van der Waals surface area (Å²) < 4.78 is 18.9. The molecule has 5 heteroatoms. The number of rotatable bonds is 7. The minimum atomic E-state index is -0.269. The van der Waals surface area contributed by atoms with Gasteiger partial charge in [-0.25, -0.2) is 4.39 Å². The molecule has 29 heavy (non-hydrogen) atoms. The largest absolute Gasteiger partial charge is 0.455 e. The van der Waals surface area contributed by atoms with Gasteiger partial charge in [0.05, 0.1) is 6.54 Å². The van der Waals surface area contributed by atoms with Gasteiger partial charge in [0.2, 0.25) is 0 Å². The fraction of sp³-hybridized carbons (Fsp3) is 0.292. The normalized spacial score (nSPS) is 11.3. The van der Waals surface area contributed by atoms with Crippen molar-refractivity contribution in [3.63, 3.8) is 0 Å². The lowest BCUT2D eigenvalue weighted by Crippen LogP contribution is -2.29. The first-order chi connectivity index (χ1) is 13.8. The van der Waals surface area contributed by atoms with Gasteiger partial charge in [-0.3, -0.25) is 9.69 Å². The second-order valence-electron chi connectivity index (χ2n) is 7.64. The molecule has 3 aromatic rings. The van der Waals surface area contributed by atoms with Crippen LogP contribution in [0.25, 0.3) is 0 Å². The maximum absolute atomic E-state index is 13.1. The van der Waals surface area contributed by atoms with Crippen molar-refractivity contribution in [2.45, 2.75) is 46.8 Å². The van der Waals surface area contributed by atoms with Gasteiger partial charge in [0, 0.05) is 18.3 Å². The van der Waals surface area contributed by atoms with Gasteiger partial charge in [-0.15, -0.1) is 0 Å². The monoisotopic (exact) mass is 394 g/mol. The average molecular weight is 394 g/mol. The average Bonchev–Trinajstić information content (AvgIpc) is 3.14. The Hall–Kier alpha value is -2.92. The molecule has 0 spiro atoms. The number of benzene rings is 2. The number of hydrogen-bond acceptors (Lipinski definition) is 3. The molecule has 1 amide bonds. The Balaban J connectivity index is 1.66. The fourth-order valence-corrected chi connectivity index (χ4v) is 3.04. The van der Waals surface area contributed by atoms with Gasteiger partial charge in [0.15, 0.2) is 5.76 Å². The molecule has 4 nitrogen and oxygen atoms in total. The number of anilines is 1. The van der Waals surface area contributed by atoms with E-state index in [1.807, 2.05) is 38.1 Å². The maximum Gasteiger partial charge on any atom is 0.291 e. The summed E-state index contributed by atoms with van der Waals surface area (Å²) in [4.78, 5) is 14.7. The van der Waals surface area contributed by atoms with Crippen molar-refractivity contribution < 1.29 is 13.6 Å². The van der Waals surface area contributed by atoms with Crippen LogP contribution in [-0.2, 0) is 13.1 Å². The highest BCUT2D eigenvalue weighted by Crippen LogP contribution is 2.18. The first kappa shape index (κ1) is 20.8. The van der Waals surface area contributed by atoms with Gasteiger partial charge in [0.25, 0.3) is 5.91 Å². The van der Waals surface area contributed by atoms with E-state index in [0.29, 0.717) is 18.8 Å². The fourth-order valence-electron chi connectivity index (χ4n) is 3.04. The Morgan fingerprint density at radius 1 is 1.00 bits per heavy atom. The van der Waals surface area contributed by atoms with E-state index in [1.165, 1.54) is 17.7 Å². The highest BCUT2D eigenvalue weighted by atomic mass is 19.1. The summed E-state index contributed by atoms with van der Waals surface area (Å²) in [6, 6.07) is 16.1. The Bertz CT molecular complexity index is 977. The predicted molar refractivity (Wildman–Crippen MR) is 113 cm³/mol. The van der Waals surface area contributed by atoms with Crippen LogP contribution in [0.15, 0.2) is 59.0 Å². The molecule has 152 valence electrons. The van der Waals surface area contributed by atoms with Crippen LogP contribution in [0.1, 0.15) is 46.9 Å². The van der Waals surface area contributed by atoms with E-state index in [1.54, 1.807) is 18.2 Å². The Morgan fingerprint density at radius 3 is 2.38 bits per heavy atom. The molecule has 0 bridgehead atoms. The second-order valence-corrected chi connectivity index (χ2v) is 7.64. The van der Waals surface area contributed by atoms with Crippen LogP contribution in [0, 0.1) is 19.7 Å². The lowest BCUT2D eigenvalue weighted by molar-refractivity contribution is 0.0991. The number of carbonyl (C=O) groups excluding carboxylic acids is 1. The SMILES string of the molecule is Cc1ccc(NC(=O)c2ccc(CN(Cc3ccc(F)cc3)C(C)C)o2)cc1C. The smallest absolute Gasteiger partial charge is 0.291 e. The minimum absolute atomic E-state index is 0.240. The zero-order valence-corrected chi connectivity index (χ0v) is 17.3.